The molecule has 0 aliphatic heterocycles. The number of aromatic nitrogens is 3. The predicted molar refractivity (Wildman–Crippen MR) is 98.0 cm³/mol. The summed E-state index contributed by atoms with van der Waals surface area (Å²) >= 11 is 7.28. The lowest BCUT2D eigenvalue weighted by Crippen LogP contribution is -2.31. The van der Waals surface area contributed by atoms with Crippen molar-refractivity contribution in [3.63, 3.8) is 0 Å². The molecule has 1 amide bonds. The van der Waals surface area contributed by atoms with Crippen molar-refractivity contribution in [1.29, 1.82) is 0 Å². The van der Waals surface area contributed by atoms with Crippen LogP contribution in [-0.2, 0) is 18.3 Å². The molecule has 1 aromatic carbocycles. The summed E-state index contributed by atoms with van der Waals surface area (Å²) in [4.78, 5) is 11.9. The zero-order chi connectivity index (χ0) is 17.5. The van der Waals surface area contributed by atoms with Crippen LogP contribution in [0, 0.1) is 0 Å². The topological polar surface area (TPSA) is 59.8 Å². The molecular formula is C17H21ClN4OS. The number of carbonyl (C=O) groups is 1. The third-order valence-electron chi connectivity index (χ3n) is 3.48. The second-order valence-corrected chi connectivity index (χ2v) is 6.85. The lowest BCUT2D eigenvalue weighted by molar-refractivity contribution is -0.121. The summed E-state index contributed by atoms with van der Waals surface area (Å²) < 4.78 is 1.90. The summed E-state index contributed by atoms with van der Waals surface area (Å²) in [6.07, 6.45) is 1.09. The number of amides is 1. The van der Waals surface area contributed by atoms with Crippen LogP contribution in [0.5, 0.6) is 0 Å². The van der Waals surface area contributed by atoms with E-state index in [9.17, 15) is 4.79 Å². The van der Waals surface area contributed by atoms with Gasteiger partial charge in [0.15, 0.2) is 11.0 Å². The van der Waals surface area contributed by atoms with E-state index in [0.29, 0.717) is 23.6 Å². The number of nitrogens with zero attached hydrogens (tertiary/aromatic N) is 3. The molecule has 0 saturated heterocycles. The van der Waals surface area contributed by atoms with Crippen LogP contribution >= 0.6 is 23.4 Å². The normalized spacial score (nSPS) is 12.0. The molecule has 0 aliphatic rings. The van der Waals surface area contributed by atoms with Gasteiger partial charge in [-0.3, -0.25) is 4.79 Å². The number of thioether (sulfide) groups is 1. The zero-order valence-electron chi connectivity index (χ0n) is 13.8. The monoisotopic (exact) mass is 364 g/mol. The van der Waals surface area contributed by atoms with Gasteiger partial charge in [0.25, 0.3) is 0 Å². The molecule has 0 spiro atoms. The van der Waals surface area contributed by atoms with Gasteiger partial charge in [0, 0.05) is 24.3 Å². The summed E-state index contributed by atoms with van der Waals surface area (Å²) in [6, 6.07) is 9.78. The van der Waals surface area contributed by atoms with Crippen molar-refractivity contribution < 1.29 is 4.79 Å². The minimum absolute atomic E-state index is 0.0118. The number of benzene rings is 1. The molecule has 0 fully saturated rings. The van der Waals surface area contributed by atoms with Crippen molar-refractivity contribution in [2.45, 2.75) is 31.0 Å². The highest BCUT2D eigenvalue weighted by Crippen LogP contribution is 2.23. The van der Waals surface area contributed by atoms with Crippen molar-refractivity contribution in [3.05, 3.63) is 53.3 Å². The van der Waals surface area contributed by atoms with Gasteiger partial charge in [-0.2, -0.15) is 0 Å². The van der Waals surface area contributed by atoms with Crippen LogP contribution < -0.4 is 5.32 Å². The molecule has 0 saturated carbocycles. The Hall–Kier alpha value is -1.79. The van der Waals surface area contributed by atoms with Gasteiger partial charge in [-0.05, 0) is 12.0 Å². The molecule has 0 radical (unpaired) electrons. The standard InChI is InChI=1S/C17H21ClN4OS/c1-4-15(23)19-14(10-13-8-6-5-7-9-13)16-20-21-17(22(16)3)24-11-12(2)18/h5-9,14H,2,4,10-11H2,1,3H3,(H,19,23). The quantitative estimate of drug-likeness (QED) is 0.728. The van der Waals surface area contributed by atoms with Crippen LogP contribution in [0.25, 0.3) is 0 Å². The van der Waals surface area contributed by atoms with E-state index >= 15 is 0 Å². The molecule has 1 aromatic heterocycles. The number of hydrogen-bond donors (Lipinski definition) is 1. The first-order valence-corrected chi connectivity index (χ1v) is 9.06. The molecule has 1 unspecified atom stereocenters. The highest BCUT2D eigenvalue weighted by atomic mass is 35.5. The molecule has 0 aliphatic carbocycles. The van der Waals surface area contributed by atoms with Gasteiger partial charge in [-0.15, -0.1) is 10.2 Å². The first-order valence-electron chi connectivity index (χ1n) is 7.70. The minimum Gasteiger partial charge on any atom is -0.346 e. The smallest absolute Gasteiger partial charge is 0.220 e. The lowest BCUT2D eigenvalue weighted by atomic mass is 10.1. The van der Waals surface area contributed by atoms with Crippen LogP contribution in [0.1, 0.15) is 30.8 Å². The van der Waals surface area contributed by atoms with Crippen molar-refractivity contribution >= 4 is 29.3 Å². The van der Waals surface area contributed by atoms with Gasteiger partial charge in [-0.25, -0.2) is 0 Å². The Morgan fingerprint density at radius 3 is 2.71 bits per heavy atom. The molecular weight excluding hydrogens is 344 g/mol. The average molecular weight is 365 g/mol. The average Bonchev–Trinajstić information content (AvgIpc) is 2.94. The van der Waals surface area contributed by atoms with Crippen molar-refractivity contribution in [3.8, 4) is 0 Å². The van der Waals surface area contributed by atoms with E-state index < -0.39 is 0 Å². The van der Waals surface area contributed by atoms with Crippen LogP contribution in [0.15, 0.2) is 47.1 Å². The Labute approximate surface area is 151 Å². The Morgan fingerprint density at radius 2 is 2.08 bits per heavy atom. The molecule has 128 valence electrons. The van der Waals surface area contributed by atoms with Crippen LogP contribution in [-0.4, -0.2) is 26.4 Å². The molecule has 0 bridgehead atoms. The van der Waals surface area contributed by atoms with Crippen LogP contribution in [0.4, 0.5) is 0 Å². The summed E-state index contributed by atoms with van der Waals surface area (Å²) in [5.74, 6) is 1.28. The summed E-state index contributed by atoms with van der Waals surface area (Å²) in [5.41, 5.74) is 1.13. The summed E-state index contributed by atoms with van der Waals surface area (Å²) in [7, 11) is 1.89. The Morgan fingerprint density at radius 1 is 1.38 bits per heavy atom. The van der Waals surface area contributed by atoms with E-state index in [1.54, 1.807) is 0 Å². The highest BCUT2D eigenvalue weighted by Gasteiger charge is 2.21. The van der Waals surface area contributed by atoms with Crippen molar-refractivity contribution in [2.75, 3.05) is 5.75 Å². The Balaban J connectivity index is 2.23. The predicted octanol–water partition coefficient (Wildman–Crippen LogP) is 3.47. The Kier molecular flexibility index (Phi) is 6.87. The molecule has 5 nitrogen and oxygen atoms in total. The van der Waals surface area contributed by atoms with E-state index in [1.807, 2.05) is 48.9 Å². The maximum Gasteiger partial charge on any atom is 0.220 e. The van der Waals surface area contributed by atoms with Gasteiger partial charge >= 0.3 is 0 Å². The number of carbonyl (C=O) groups excluding carboxylic acids is 1. The molecule has 1 N–H and O–H groups in total. The van der Waals surface area contributed by atoms with E-state index in [4.69, 9.17) is 11.6 Å². The van der Waals surface area contributed by atoms with E-state index in [0.717, 1.165) is 16.5 Å². The van der Waals surface area contributed by atoms with Gasteiger partial charge in [0.05, 0.1) is 6.04 Å². The fraction of sp³-hybridized carbons (Fsp3) is 0.353. The number of nitrogens with one attached hydrogen (secondary N) is 1. The fourth-order valence-corrected chi connectivity index (χ4v) is 3.09. The highest BCUT2D eigenvalue weighted by molar-refractivity contribution is 7.99. The molecule has 2 rings (SSSR count). The second-order valence-electron chi connectivity index (χ2n) is 5.37. The van der Waals surface area contributed by atoms with Gasteiger partial charge < -0.3 is 9.88 Å². The van der Waals surface area contributed by atoms with Crippen molar-refractivity contribution in [2.24, 2.45) is 7.05 Å². The summed E-state index contributed by atoms with van der Waals surface area (Å²) in [5, 5.41) is 12.8. The third kappa shape index (κ3) is 5.11. The summed E-state index contributed by atoms with van der Waals surface area (Å²) in [6.45, 7) is 5.51. The maximum absolute atomic E-state index is 11.9. The molecule has 24 heavy (non-hydrogen) atoms. The fourth-order valence-electron chi connectivity index (χ4n) is 2.25. The Bertz CT molecular complexity index is 702. The maximum atomic E-state index is 11.9. The van der Waals surface area contributed by atoms with E-state index in [2.05, 4.69) is 22.1 Å². The second kappa shape index (κ2) is 8.89. The van der Waals surface area contributed by atoms with Gasteiger partial charge in [0.1, 0.15) is 0 Å². The molecule has 2 aromatic rings. The lowest BCUT2D eigenvalue weighted by Gasteiger charge is -2.18. The van der Waals surface area contributed by atoms with Crippen molar-refractivity contribution in [1.82, 2.24) is 20.1 Å². The van der Waals surface area contributed by atoms with Gasteiger partial charge in [0.2, 0.25) is 5.91 Å². The zero-order valence-corrected chi connectivity index (χ0v) is 15.4. The largest absolute Gasteiger partial charge is 0.346 e. The third-order valence-corrected chi connectivity index (χ3v) is 4.88. The molecule has 1 heterocycles. The van der Waals surface area contributed by atoms with E-state index in [1.165, 1.54) is 11.8 Å². The van der Waals surface area contributed by atoms with Gasteiger partial charge in [-0.1, -0.05) is 67.2 Å². The number of halogens is 1. The first kappa shape index (κ1) is 18.5. The van der Waals surface area contributed by atoms with Crippen LogP contribution in [0.3, 0.4) is 0 Å². The number of hydrogen-bond acceptors (Lipinski definition) is 4. The van der Waals surface area contributed by atoms with E-state index in [-0.39, 0.29) is 11.9 Å². The van der Waals surface area contributed by atoms with Crippen LogP contribution in [0.2, 0.25) is 0 Å². The number of rotatable bonds is 8. The SMILES string of the molecule is C=C(Cl)CSc1nnc(C(Cc2ccccc2)NC(=O)CC)n1C. The minimum atomic E-state index is -0.231. The molecule has 1 atom stereocenters. The first-order chi connectivity index (χ1) is 11.5. The molecule has 7 heteroatoms.